The van der Waals surface area contributed by atoms with Gasteiger partial charge in [0, 0.05) is 6.42 Å². The first-order valence-electron chi connectivity index (χ1n) is 13.1. The summed E-state index contributed by atoms with van der Waals surface area (Å²) in [6, 6.07) is 0. The molecule has 0 spiro atoms. The van der Waals surface area contributed by atoms with Crippen molar-refractivity contribution in [1.29, 1.82) is 0 Å². The first-order valence-corrected chi connectivity index (χ1v) is 13.1. The number of aliphatic hydroxyl groups is 1. The van der Waals surface area contributed by atoms with Gasteiger partial charge in [0.15, 0.2) is 5.60 Å². The summed E-state index contributed by atoms with van der Waals surface area (Å²) >= 11 is 0. The van der Waals surface area contributed by atoms with E-state index in [-0.39, 0.29) is 13.0 Å². The van der Waals surface area contributed by atoms with Crippen molar-refractivity contribution in [2.45, 2.75) is 135 Å². The predicted octanol–water partition coefficient (Wildman–Crippen LogP) is 5.48. The molecule has 0 radical (unpaired) electrons. The lowest BCUT2D eigenvalue weighted by molar-refractivity contribution is -0.178. The number of esters is 3. The second-order valence-corrected chi connectivity index (χ2v) is 9.11. The molecule has 0 aliphatic heterocycles. The molecule has 8 heteroatoms. The van der Waals surface area contributed by atoms with E-state index in [0.717, 1.165) is 44.9 Å². The van der Waals surface area contributed by atoms with Gasteiger partial charge in [-0.25, -0.2) is 4.79 Å². The van der Waals surface area contributed by atoms with Gasteiger partial charge in [0.1, 0.15) is 0 Å². The van der Waals surface area contributed by atoms with Crippen molar-refractivity contribution in [2.24, 2.45) is 0 Å². The Hall–Kier alpha value is -1.96. The fourth-order valence-electron chi connectivity index (χ4n) is 3.67. The molecule has 0 aliphatic carbocycles. The SMILES string of the molecule is CCCCCCCCCCCCOC(=O)C(O)(CC(=O)O)CC(=O)OC(=O)CCCCCCC. The van der Waals surface area contributed by atoms with Gasteiger partial charge in [-0.05, 0) is 12.8 Å². The lowest BCUT2D eigenvalue weighted by Crippen LogP contribution is -2.44. The molecular weight excluding hydrogens is 440 g/mol. The highest BCUT2D eigenvalue weighted by atomic mass is 16.6. The van der Waals surface area contributed by atoms with Gasteiger partial charge in [0.2, 0.25) is 0 Å². The van der Waals surface area contributed by atoms with E-state index < -0.39 is 42.3 Å². The Kier molecular flexibility index (Phi) is 19.2. The summed E-state index contributed by atoms with van der Waals surface area (Å²) in [4.78, 5) is 47.3. The van der Waals surface area contributed by atoms with Gasteiger partial charge in [0.05, 0.1) is 19.4 Å². The standard InChI is InChI=1S/C26H46O8/c1-3-5-7-9-10-11-12-13-15-17-19-33-25(31)26(32,20-22(27)28)21-24(30)34-23(29)18-16-14-8-6-4-2/h32H,3-21H2,1-2H3,(H,27,28). The fraction of sp³-hybridized carbons (Fsp3) is 0.846. The molecular formula is C26H46O8. The third kappa shape index (κ3) is 17.5. The summed E-state index contributed by atoms with van der Waals surface area (Å²) in [5.41, 5.74) is -2.57. The largest absolute Gasteiger partial charge is 0.481 e. The van der Waals surface area contributed by atoms with Crippen LogP contribution in [0.5, 0.6) is 0 Å². The summed E-state index contributed by atoms with van der Waals surface area (Å²) in [5.74, 6) is -4.54. The van der Waals surface area contributed by atoms with E-state index in [1.807, 2.05) is 0 Å². The van der Waals surface area contributed by atoms with Crippen molar-refractivity contribution >= 4 is 23.9 Å². The summed E-state index contributed by atoms with van der Waals surface area (Å²) in [7, 11) is 0. The van der Waals surface area contributed by atoms with Crippen LogP contribution in [0.1, 0.15) is 129 Å². The molecule has 8 nitrogen and oxygen atoms in total. The van der Waals surface area contributed by atoms with E-state index in [2.05, 4.69) is 18.6 Å². The highest BCUT2D eigenvalue weighted by molar-refractivity contribution is 5.92. The topological polar surface area (TPSA) is 127 Å². The zero-order chi connectivity index (χ0) is 25.7. The number of aliphatic carboxylic acids is 1. The minimum absolute atomic E-state index is 0.0308. The normalized spacial score (nSPS) is 12.7. The summed E-state index contributed by atoms with van der Waals surface area (Å²) in [6.07, 6.45) is 13.7. The fourth-order valence-corrected chi connectivity index (χ4v) is 3.67. The molecule has 0 aromatic carbocycles. The van der Waals surface area contributed by atoms with Crippen LogP contribution in [0.15, 0.2) is 0 Å². The zero-order valence-electron chi connectivity index (χ0n) is 21.3. The van der Waals surface area contributed by atoms with Crippen LogP contribution in [0, 0.1) is 0 Å². The van der Waals surface area contributed by atoms with Crippen molar-refractivity contribution in [2.75, 3.05) is 6.61 Å². The average Bonchev–Trinajstić information content (AvgIpc) is 2.76. The smallest absolute Gasteiger partial charge is 0.339 e. The molecule has 0 amide bonds. The number of hydrogen-bond donors (Lipinski definition) is 2. The van der Waals surface area contributed by atoms with Gasteiger partial charge < -0.3 is 19.7 Å². The van der Waals surface area contributed by atoms with Crippen LogP contribution in [0.25, 0.3) is 0 Å². The summed E-state index contributed by atoms with van der Waals surface area (Å²) in [5, 5.41) is 19.6. The molecule has 1 unspecified atom stereocenters. The Labute approximate surface area is 204 Å². The molecule has 2 N–H and O–H groups in total. The van der Waals surface area contributed by atoms with Gasteiger partial charge in [0.25, 0.3) is 0 Å². The molecule has 1 atom stereocenters. The Morgan fingerprint density at radius 2 is 1.12 bits per heavy atom. The maximum atomic E-state index is 12.3. The molecule has 0 saturated carbocycles. The second-order valence-electron chi connectivity index (χ2n) is 9.11. The van der Waals surface area contributed by atoms with Gasteiger partial charge in [-0.3, -0.25) is 14.4 Å². The van der Waals surface area contributed by atoms with Crippen LogP contribution in [-0.4, -0.2) is 46.3 Å². The van der Waals surface area contributed by atoms with Crippen LogP contribution in [0.3, 0.4) is 0 Å². The first-order chi connectivity index (χ1) is 16.2. The maximum absolute atomic E-state index is 12.3. The Morgan fingerprint density at radius 3 is 1.62 bits per heavy atom. The van der Waals surface area contributed by atoms with E-state index in [9.17, 15) is 24.3 Å². The molecule has 0 aromatic heterocycles. The first kappa shape index (κ1) is 32.0. The number of carboxylic acid groups (broad SMARTS) is 1. The summed E-state index contributed by atoms with van der Waals surface area (Å²) < 4.78 is 9.70. The lowest BCUT2D eigenvalue weighted by Gasteiger charge is -2.23. The number of carbonyl (C=O) groups excluding carboxylic acids is 3. The molecule has 34 heavy (non-hydrogen) atoms. The molecule has 0 saturated heterocycles. The molecule has 198 valence electrons. The Morgan fingerprint density at radius 1 is 0.647 bits per heavy atom. The zero-order valence-corrected chi connectivity index (χ0v) is 21.3. The van der Waals surface area contributed by atoms with Gasteiger partial charge >= 0.3 is 23.9 Å². The van der Waals surface area contributed by atoms with Crippen molar-refractivity contribution in [3.05, 3.63) is 0 Å². The second kappa shape index (κ2) is 20.4. The van der Waals surface area contributed by atoms with Crippen molar-refractivity contribution in [3.8, 4) is 0 Å². The summed E-state index contributed by atoms with van der Waals surface area (Å²) in [6.45, 7) is 4.30. The van der Waals surface area contributed by atoms with Crippen LogP contribution < -0.4 is 0 Å². The Balaban J connectivity index is 4.28. The number of carboxylic acids is 1. The van der Waals surface area contributed by atoms with E-state index in [1.54, 1.807) is 0 Å². The molecule has 0 aliphatic rings. The van der Waals surface area contributed by atoms with E-state index in [0.29, 0.717) is 12.8 Å². The van der Waals surface area contributed by atoms with E-state index in [1.165, 1.54) is 38.5 Å². The van der Waals surface area contributed by atoms with Crippen molar-refractivity contribution in [3.63, 3.8) is 0 Å². The van der Waals surface area contributed by atoms with Crippen LogP contribution in [0.4, 0.5) is 0 Å². The number of hydrogen-bond acceptors (Lipinski definition) is 7. The molecule has 0 aromatic rings. The minimum Gasteiger partial charge on any atom is -0.481 e. The number of carbonyl (C=O) groups is 4. The third-order valence-corrected chi connectivity index (χ3v) is 5.70. The molecule has 0 fully saturated rings. The maximum Gasteiger partial charge on any atom is 0.339 e. The van der Waals surface area contributed by atoms with E-state index in [4.69, 9.17) is 9.84 Å². The molecule has 0 bridgehead atoms. The molecule has 0 rings (SSSR count). The third-order valence-electron chi connectivity index (χ3n) is 5.70. The highest BCUT2D eigenvalue weighted by Crippen LogP contribution is 2.20. The van der Waals surface area contributed by atoms with Crippen molar-refractivity contribution < 1.29 is 38.9 Å². The lowest BCUT2D eigenvalue weighted by atomic mass is 9.95. The Bertz CT molecular complexity index is 589. The van der Waals surface area contributed by atoms with Crippen LogP contribution >= 0.6 is 0 Å². The van der Waals surface area contributed by atoms with Gasteiger partial charge in [-0.15, -0.1) is 0 Å². The van der Waals surface area contributed by atoms with Gasteiger partial charge in [-0.2, -0.15) is 0 Å². The highest BCUT2D eigenvalue weighted by Gasteiger charge is 2.43. The minimum atomic E-state index is -2.57. The number of rotatable bonds is 22. The van der Waals surface area contributed by atoms with Crippen LogP contribution in [-0.2, 0) is 28.7 Å². The number of ether oxygens (including phenoxy) is 2. The molecule has 0 heterocycles. The van der Waals surface area contributed by atoms with Crippen LogP contribution in [0.2, 0.25) is 0 Å². The predicted molar refractivity (Wildman–Crippen MR) is 129 cm³/mol. The monoisotopic (exact) mass is 486 g/mol. The average molecular weight is 487 g/mol. The number of unbranched alkanes of at least 4 members (excludes halogenated alkanes) is 13. The quantitative estimate of drug-likeness (QED) is 0.117. The van der Waals surface area contributed by atoms with Crippen molar-refractivity contribution in [1.82, 2.24) is 0 Å². The van der Waals surface area contributed by atoms with Gasteiger partial charge in [-0.1, -0.05) is 97.3 Å². The van der Waals surface area contributed by atoms with E-state index >= 15 is 0 Å².